The van der Waals surface area contributed by atoms with Crippen LogP contribution in [0.4, 0.5) is 0 Å². The molecule has 1 aromatic heterocycles. The van der Waals surface area contributed by atoms with Crippen LogP contribution >= 0.6 is 12.6 Å². The molecule has 0 N–H and O–H groups in total. The highest BCUT2D eigenvalue weighted by Crippen LogP contribution is 2.01. The summed E-state index contributed by atoms with van der Waals surface area (Å²) in [6, 6.07) is 0. The lowest BCUT2D eigenvalue weighted by Gasteiger charge is -2.07. The summed E-state index contributed by atoms with van der Waals surface area (Å²) in [5.74, 6) is 1.94. The standard InChI is InChI=1S/C10H18N2OS/c1-2-3-10-11-4-5-12(10)6-7-13-8-9-14/h4-5,14H,2-3,6-9H2,1H3. The van der Waals surface area contributed by atoms with Gasteiger partial charge in [-0.05, 0) is 6.42 Å². The van der Waals surface area contributed by atoms with Gasteiger partial charge in [-0.25, -0.2) is 4.98 Å². The summed E-state index contributed by atoms with van der Waals surface area (Å²) in [4.78, 5) is 4.30. The molecule has 14 heavy (non-hydrogen) atoms. The van der Waals surface area contributed by atoms with Gasteiger partial charge < -0.3 is 9.30 Å². The van der Waals surface area contributed by atoms with Gasteiger partial charge in [0.25, 0.3) is 0 Å². The van der Waals surface area contributed by atoms with E-state index in [1.165, 1.54) is 0 Å². The minimum Gasteiger partial charge on any atom is -0.379 e. The van der Waals surface area contributed by atoms with E-state index in [1.54, 1.807) is 0 Å². The molecule has 1 heterocycles. The highest BCUT2D eigenvalue weighted by molar-refractivity contribution is 7.80. The Balaban J connectivity index is 2.30. The van der Waals surface area contributed by atoms with E-state index in [0.717, 1.165) is 44.2 Å². The number of aromatic nitrogens is 2. The van der Waals surface area contributed by atoms with Crippen LogP contribution in [0, 0.1) is 0 Å². The molecule has 0 bridgehead atoms. The number of rotatable bonds is 7. The van der Waals surface area contributed by atoms with E-state index in [4.69, 9.17) is 4.74 Å². The van der Waals surface area contributed by atoms with Gasteiger partial charge in [0.05, 0.1) is 13.2 Å². The first-order valence-corrected chi connectivity index (χ1v) is 5.70. The minimum atomic E-state index is 0.723. The Bertz CT molecular complexity index is 250. The Morgan fingerprint density at radius 1 is 1.50 bits per heavy atom. The SMILES string of the molecule is CCCc1nccn1CCOCCS. The van der Waals surface area contributed by atoms with Crippen LogP contribution in [-0.2, 0) is 17.7 Å². The number of hydrogen-bond acceptors (Lipinski definition) is 3. The third-order valence-electron chi connectivity index (χ3n) is 1.99. The number of aryl methyl sites for hydroxylation is 1. The zero-order valence-electron chi connectivity index (χ0n) is 8.65. The molecule has 0 atom stereocenters. The van der Waals surface area contributed by atoms with Crippen LogP contribution in [0.25, 0.3) is 0 Å². The van der Waals surface area contributed by atoms with Gasteiger partial charge in [-0.2, -0.15) is 12.6 Å². The molecule has 0 saturated heterocycles. The van der Waals surface area contributed by atoms with Gasteiger partial charge >= 0.3 is 0 Å². The smallest absolute Gasteiger partial charge is 0.108 e. The van der Waals surface area contributed by atoms with Crippen LogP contribution in [0.15, 0.2) is 12.4 Å². The largest absolute Gasteiger partial charge is 0.379 e. The quantitative estimate of drug-likeness (QED) is 0.553. The molecule has 0 spiro atoms. The second-order valence-corrected chi connectivity index (χ2v) is 3.57. The zero-order valence-corrected chi connectivity index (χ0v) is 9.54. The molecule has 0 unspecified atom stereocenters. The average molecular weight is 214 g/mol. The van der Waals surface area contributed by atoms with Crippen LogP contribution in [0.2, 0.25) is 0 Å². The molecule has 1 aromatic rings. The van der Waals surface area contributed by atoms with Crippen LogP contribution in [0.1, 0.15) is 19.2 Å². The molecule has 1 rings (SSSR count). The van der Waals surface area contributed by atoms with Crippen molar-refractivity contribution in [1.29, 1.82) is 0 Å². The van der Waals surface area contributed by atoms with Crippen molar-refractivity contribution < 1.29 is 4.74 Å². The topological polar surface area (TPSA) is 27.1 Å². The number of imidazole rings is 1. The van der Waals surface area contributed by atoms with Crippen molar-refractivity contribution >= 4 is 12.6 Å². The van der Waals surface area contributed by atoms with Crippen molar-refractivity contribution in [2.45, 2.75) is 26.3 Å². The molecule has 0 aliphatic rings. The fourth-order valence-corrected chi connectivity index (χ4v) is 1.45. The van der Waals surface area contributed by atoms with Gasteiger partial charge in [-0.15, -0.1) is 0 Å². The van der Waals surface area contributed by atoms with E-state index in [9.17, 15) is 0 Å². The lowest BCUT2D eigenvalue weighted by atomic mass is 10.3. The predicted molar refractivity (Wildman–Crippen MR) is 60.9 cm³/mol. The maximum atomic E-state index is 5.36. The molecule has 0 aromatic carbocycles. The summed E-state index contributed by atoms with van der Waals surface area (Å²) < 4.78 is 7.52. The molecule has 0 amide bonds. The number of hydrogen-bond donors (Lipinski definition) is 1. The summed E-state index contributed by atoms with van der Waals surface area (Å²) in [6.45, 7) is 4.52. The Kier molecular flexibility index (Phi) is 5.71. The Morgan fingerprint density at radius 2 is 2.36 bits per heavy atom. The summed E-state index contributed by atoms with van der Waals surface area (Å²) in [7, 11) is 0. The van der Waals surface area contributed by atoms with Crippen LogP contribution in [0.3, 0.4) is 0 Å². The second kappa shape index (κ2) is 6.90. The van der Waals surface area contributed by atoms with Crippen molar-refractivity contribution in [3.8, 4) is 0 Å². The highest BCUT2D eigenvalue weighted by atomic mass is 32.1. The van der Waals surface area contributed by atoms with Crippen LogP contribution in [-0.4, -0.2) is 28.5 Å². The zero-order chi connectivity index (χ0) is 10.2. The summed E-state index contributed by atoms with van der Waals surface area (Å²) in [5, 5.41) is 0. The maximum absolute atomic E-state index is 5.36. The van der Waals surface area contributed by atoms with Gasteiger partial charge in [0, 0.05) is 31.1 Å². The van der Waals surface area contributed by atoms with Crippen molar-refractivity contribution in [3.05, 3.63) is 18.2 Å². The Hall–Kier alpha value is -0.480. The van der Waals surface area contributed by atoms with Crippen LogP contribution < -0.4 is 0 Å². The molecule has 0 aliphatic carbocycles. The number of nitrogens with zero attached hydrogens (tertiary/aromatic N) is 2. The normalized spacial score (nSPS) is 10.7. The lowest BCUT2D eigenvalue weighted by Crippen LogP contribution is -2.09. The lowest BCUT2D eigenvalue weighted by molar-refractivity contribution is 0.141. The Labute approximate surface area is 90.9 Å². The van der Waals surface area contributed by atoms with E-state index in [1.807, 2.05) is 12.4 Å². The predicted octanol–water partition coefficient (Wildman–Crippen LogP) is 1.78. The van der Waals surface area contributed by atoms with E-state index in [0.29, 0.717) is 0 Å². The third-order valence-corrected chi connectivity index (χ3v) is 2.17. The first kappa shape index (κ1) is 11.6. The first-order valence-electron chi connectivity index (χ1n) is 5.07. The fourth-order valence-electron chi connectivity index (χ4n) is 1.32. The van der Waals surface area contributed by atoms with E-state index >= 15 is 0 Å². The molecule has 0 fully saturated rings. The van der Waals surface area contributed by atoms with E-state index in [-0.39, 0.29) is 0 Å². The van der Waals surface area contributed by atoms with Gasteiger partial charge in [-0.3, -0.25) is 0 Å². The van der Waals surface area contributed by atoms with Crippen LogP contribution in [0.5, 0.6) is 0 Å². The second-order valence-electron chi connectivity index (χ2n) is 3.12. The number of thiol groups is 1. The van der Waals surface area contributed by atoms with Crippen molar-refractivity contribution in [2.75, 3.05) is 19.0 Å². The van der Waals surface area contributed by atoms with Gasteiger partial charge in [-0.1, -0.05) is 6.92 Å². The summed E-state index contributed by atoms with van der Waals surface area (Å²) >= 11 is 4.08. The third kappa shape index (κ3) is 3.72. The fraction of sp³-hybridized carbons (Fsp3) is 0.700. The van der Waals surface area contributed by atoms with E-state index < -0.39 is 0 Å². The minimum absolute atomic E-state index is 0.723. The highest BCUT2D eigenvalue weighted by Gasteiger charge is 2.00. The van der Waals surface area contributed by atoms with Gasteiger partial charge in [0.2, 0.25) is 0 Å². The molecule has 3 nitrogen and oxygen atoms in total. The maximum Gasteiger partial charge on any atom is 0.108 e. The first-order chi connectivity index (χ1) is 6.88. The van der Waals surface area contributed by atoms with E-state index in [2.05, 4.69) is 29.1 Å². The number of ether oxygens (including phenoxy) is 1. The van der Waals surface area contributed by atoms with Crippen molar-refractivity contribution in [1.82, 2.24) is 9.55 Å². The van der Waals surface area contributed by atoms with Crippen molar-refractivity contribution in [2.24, 2.45) is 0 Å². The van der Waals surface area contributed by atoms with Crippen molar-refractivity contribution in [3.63, 3.8) is 0 Å². The Morgan fingerprint density at radius 3 is 3.07 bits per heavy atom. The summed E-state index contributed by atoms with van der Waals surface area (Å²) in [6.07, 6.45) is 6.03. The molecule has 0 saturated carbocycles. The summed E-state index contributed by atoms with van der Waals surface area (Å²) in [5.41, 5.74) is 0. The van der Waals surface area contributed by atoms with Gasteiger partial charge in [0.1, 0.15) is 5.82 Å². The molecule has 0 aliphatic heterocycles. The average Bonchev–Trinajstić information content (AvgIpc) is 2.61. The molecule has 80 valence electrons. The van der Waals surface area contributed by atoms with Gasteiger partial charge in [0.15, 0.2) is 0 Å². The monoisotopic (exact) mass is 214 g/mol. The molecule has 4 heteroatoms. The molecule has 0 radical (unpaired) electrons. The molecular weight excluding hydrogens is 196 g/mol. The molecular formula is C10H18N2OS.